The molecule has 4 rings (SSSR count). The first-order valence-electron chi connectivity index (χ1n) is 8.79. The molecular formula is C18H26N4O2. The zero-order valence-electron chi connectivity index (χ0n) is 14.5. The summed E-state index contributed by atoms with van der Waals surface area (Å²) in [5.74, 6) is 1.89. The number of rotatable bonds is 4. The van der Waals surface area contributed by atoms with Crippen molar-refractivity contribution in [2.45, 2.75) is 31.5 Å². The number of benzene rings is 1. The SMILES string of the molecule is COc1ccc2nc3n(c2c1)[C@@H](CNC1CCN(C)CC1)COC3. The molecule has 1 fully saturated rings. The minimum absolute atomic E-state index is 0.283. The van der Waals surface area contributed by atoms with E-state index >= 15 is 0 Å². The molecule has 0 bridgehead atoms. The van der Waals surface area contributed by atoms with Crippen molar-refractivity contribution < 1.29 is 9.47 Å². The van der Waals surface area contributed by atoms with Gasteiger partial charge in [-0.25, -0.2) is 4.98 Å². The van der Waals surface area contributed by atoms with Crippen LogP contribution in [0.2, 0.25) is 0 Å². The van der Waals surface area contributed by atoms with E-state index in [1.807, 2.05) is 12.1 Å². The number of nitrogens with zero attached hydrogens (tertiary/aromatic N) is 3. The van der Waals surface area contributed by atoms with Gasteiger partial charge in [-0.05, 0) is 45.1 Å². The van der Waals surface area contributed by atoms with Gasteiger partial charge in [0.05, 0.1) is 30.8 Å². The molecule has 2 aromatic rings. The average molecular weight is 330 g/mol. The van der Waals surface area contributed by atoms with E-state index in [1.54, 1.807) is 7.11 Å². The van der Waals surface area contributed by atoms with Crippen molar-refractivity contribution in [1.82, 2.24) is 19.8 Å². The summed E-state index contributed by atoms with van der Waals surface area (Å²) in [7, 11) is 3.90. The maximum atomic E-state index is 5.79. The van der Waals surface area contributed by atoms with Crippen molar-refractivity contribution in [3.05, 3.63) is 24.0 Å². The minimum Gasteiger partial charge on any atom is -0.497 e. The number of methoxy groups -OCH3 is 1. The van der Waals surface area contributed by atoms with Gasteiger partial charge in [0.25, 0.3) is 0 Å². The first kappa shape index (κ1) is 15.9. The summed E-state index contributed by atoms with van der Waals surface area (Å²) in [6.45, 7) is 4.59. The molecule has 0 aliphatic carbocycles. The molecule has 0 saturated carbocycles. The number of piperidine rings is 1. The number of fused-ring (bicyclic) bond motifs is 3. The van der Waals surface area contributed by atoms with Crippen LogP contribution in [0.4, 0.5) is 0 Å². The Bertz CT molecular complexity index is 706. The van der Waals surface area contributed by atoms with Crippen molar-refractivity contribution in [3.63, 3.8) is 0 Å². The molecule has 1 aromatic carbocycles. The van der Waals surface area contributed by atoms with Gasteiger partial charge in [-0.1, -0.05) is 0 Å². The van der Waals surface area contributed by atoms with Gasteiger partial charge in [0.15, 0.2) is 0 Å². The molecule has 2 aliphatic heterocycles. The fraction of sp³-hybridized carbons (Fsp3) is 0.611. The van der Waals surface area contributed by atoms with Gasteiger partial charge >= 0.3 is 0 Å². The zero-order chi connectivity index (χ0) is 16.5. The number of hydrogen-bond acceptors (Lipinski definition) is 5. The van der Waals surface area contributed by atoms with Crippen LogP contribution in [0.5, 0.6) is 5.75 Å². The fourth-order valence-electron chi connectivity index (χ4n) is 3.79. The van der Waals surface area contributed by atoms with Crippen LogP contribution in [0.3, 0.4) is 0 Å². The number of ether oxygens (including phenoxy) is 2. The number of likely N-dealkylation sites (tertiary alicyclic amines) is 1. The number of hydrogen-bond donors (Lipinski definition) is 1. The molecule has 2 aliphatic rings. The van der Waals surface area contributed by atoms with Gasteiger partial charge in [-0.15, -0.1) is 0 Å². The lowest BCUT2D eigenvalue weighted by Gasteiger charge is -2.32. The molecule has 1 N–H and O–H groups in total. The molecule has 0 unspecified atom stereocenters. The highest BCUT2D eigenvalue weighted by Gasteiger charge is 2.25. The Morgan fingerprint density at radius 1 is 1.33 bits per heavy atom. The van der Waals surface area contributed by atoms with Crippen LogP contribution in [0.15, 0.2) is 18.2 Å². The lowest BCUT2D eigenvalue weighted by molar-refractivity contribution is 0.0547. The molecule has 0 spiro atoms. The van der Waals surface area contributed by atoms with Crippen LogP contribution in [-0.2, 0) is 11.3 Å². The standard InChI is InChI=1S/C18H26N4O2/c1-21-7-5-13(6-8-21)19-10-14-11-24-12-18-20-16-4-3-15(23-2)9-17(16)22(14)18/h3-4,9,13-14,19H,5-8,10-12H2,1-2H3/t14-/m0/s1. The Morgan fingerprint density at radius 2 is 2.17 bits per heavy atom. The lowest BCUT2D eigenvalue weighted by atomic mass is 10.1. The predicted molar refractivity (Wildman–Crippen MR) is 93.5 cm³/mol. The van der Waals surface area contributed by atoms with Crippen molar-refractivity contribution in [2.75, 3.05) is 40.4 Å². The third-order valence-electron chi connectivity index (χ3n) is 5.24. The van der Waals surface area contributed by atoms with E-state index in [9.17, 15) is 0 Å². The van der Waals surface area contributed by atoms with Gasteiger partial charge in [-0.3, -0.25) is 0 Å². The van der Waals surface area contributed by atoms with Gasteiger partial charge in [0.1, 0.15) is 18.2 Å². The van der Waals surface area contributed by atoms with Crippen molar-refractivity contribution in [3.8, 4) is 5.75 Å². The predicted octanol–water partition coefficient (Wildman–Crippen LogP) is 1.80. The molecule has 1 atom stereocenters. The van der Waals surface area contributed by atoms with Gasteiger partial charge in [0, 0.05) is 18.7 Å². The van der Waals surface area contributed by atoms with Crippen LogP contribution < -0.4 is 10.1 Å². The summed E-state index contributed by atoms with van der Waals surface area (Å²) < 4.78 is 13.5. The topological polar surface area (TPSA) is 51.5 Å². The van der Waals surface area contributed by atoms with E-state index in [0.29, 0.717) is 12.6 Å². The van der Waals surface area contributed by atoms with E-state index < -0.39 is 0 Å². The summed E-state index contributed by atoms with van der Waals surface area (Å²) in [6.07, 6.45) is 2.44. The van der Waals surface area contributed by atoms with Crippen LogP contribution in [0.25, 0.3) is 11.0 Å². The second-order valence-electron chi connectivity index (χ2n) is 6.91. The number of imidazole rings is 1. The number of aromatic nitrogens is 2. The summed E-state index contributed by atoms with van der Waals surface area (Å²) >= 11 is 0. The molecule has 1 aromatic heterocycles. The maximum Gasteiger partial charge on any atom is 0.136 e. The molecule has 6 nitrogen and oxygen atoms in total. The van der Waals surface area contributed by atoms with E-state index in [2.05, 4.69) is 27.9 Å². The summed E-state index contributed by atoms with van der Waals surface area (Å²) in [5, 5.41) is 3.75. The largest absolute Gasteiger partial charge is 0.497 e. The summed E-state index contributed by atoms with van der Waals surface area (Å²) in [6, 6.07) is 6.97. The third-order valence-corrected chi connectivity index (χ3v) is 5.24. The molecule has 3 heterocycles. The normalized spacial score (nSPS) is 22.7. The third kappa shape index (κ3) is 3.01. The Labute approximate surface area is 142 Å². The zero-order valence-corrected chi connectivity index (χ0v) is 14.5. The maximum absolute atomic E-state index is 5.79. The van der Waals surface area contributed by atoms with Crippen molar-refractivity contribution in [1.29, 1.82) is 0 Å². The van der Waals surface area contributed by atoms with Crippen LogP contribution in [0.1, 0.15) is 24.7 Å². The first-order valence-corrected chi connectivity index (χ1v) is 8.79. The molecular weight excluding hydrogens is 304 g/mol. The summed E-state index contributed by atoms with van der Waals surface area (Å²) in [5.41, 5.74) is 2.16. The van der Waals surface area contributed by atoms with Crippen LogP contribution >= 0.6 is 0 Å². The van der Waals surface area contributed by atoms with E-state index in [0.717, 1.165) is 35.8 Å². The lowest BCUT2D eigenvalue weighted by Crippen LogP contribution is -2.44. The molecule has 0 radical (unpaired) electrons. The van der Waals surface area contributed by atoms with E-state index in [-0.39, 0.29) is 6.04 Å². The molecule has 130 valence electrons. The molecule has 24 heavy (non-hydrogen) atoms. The quantitative estimate of drug-likeness (QED) is 0.926. The fourth-order valence-corrected chi connectivity index (χ4v) is 3.79. The highest BCUT2D eigenvalue weighted by atomic mass is 16.5. The Kier molecular flexibility index (Phi) is 4.43. The van der Waals surface area contributed by atoms with E-state index in [1.165, 1.54) is 25.9 Å². The van der Waals surface area contributed by atoms with Crippen molar-refractivity contribution in [2.24, 2.45) is 0 Å². The first-order chi connectivity index (χ1) is 11.7. The Balaban J connectivity index is 1.54. The van der Waals surface area contributed by atoms with E-state index in [4.69, 9.17) is 14.5 Å². The van der Waals surface area contributed by atoms with Gasteiger partial charge in [-0.2, -0.15) is 0 Å². The highest BCUT2D eigenvalue weighted by molar-refractivity contribution is 5.78. The minimum atomic E-state index is 0.283. The summed E-state index contributed by atoms with van der Waals surface area (Å²) in [4.78, 5) is 7.13. The number of nitrogens with one attached hydrogen (secondary N) is 1. The monoisotopic (exact) mass is 330 g/mol. The second kappa shape index (κ2) is 6.70. The Hall–Kier alpha value is -1.63. The van der Waals surface area contributed by atoms with Gasteiger partial charge < -0.3 is 24.3 Å². The molecule has 0 amide bonds. The van der Waals surface area contributed by atoms with Gasteiger partial charge in [0.2, 0.25) is 0 Å². The second-order valence-corrected chi connectivity index (χ2v) is 6.91. The van der Waals surface area contributed by atoms with Crippen LogP contribution in [-0.4, -0.2) is 60.9 Å². The highest BCUT2D eigenvalue weighted by Crippen LogP contribution is 2.28. The van der Waals surface area contributed by atoms with Crippen molar-refractivity contribution >= 4 is 11.0 Å². The smallest absolute Gasteiger partial charge is 0.136 e. The molecule has 6 heteroatoms. The average Bonchev–Trinajstić information content (AvgIpc) is 2.99. The Morgan fingerprint density at radius 3 is 2.96 bits per heavy atom. The molecule has 1 saturated heterocycles. The van der Waals surface area contributed by atoms with Crippen LogP contribution in [0, 0.1) is 0 Å².